The Balaban J connectivity index is 2.12. The van der Waals surface area contributed by atoms with Gasteiger partial charge in [-0.25, -0.2) is 4.39 Å². The average Bonchev–Trinajstić information content (AvgIpc) is 2.48. The molecule has 0 spiro atoms. The number of nitro groups is 1. The maximum Gasteiger partial charge on any atom is 0.271 e. The molecule has 2 aromatic carbocycles. The molecule has 0 radical (unpaired) electrons. The molecule has 2 aromatic rings. The van der Waals surface area contributed by atoms with Gasteiger partial charge in [0.2, 0.25) is 0 Å². The standard InChI is InChI=1S/C16H14FN3O3S/c1-9-3-5-12(10(2)7-9)15(21)19-16(24)18-14-8-11(20(22)23)4-6-13(14)17/h3-8H,1-2H3,(H2,18,19,21,24). The van der Waals surface area contributed by atoms with E-state index in [1.54, 1.807) is 19.1 Å². The number of nitro benzene ring substituents is 1. The topological polar surface area (TPSA) is 84.3 Å². The van der Waals surface area contributed by atoms with Gasteiger partial charge in [0.1, 0.15) is 5.82 Å². The van der Waals surface area contributed by atoms with E-state index in [1.165, 1.54) is 0 Å². The van der Waals surface area contributed by atoms with Crippen LogP contribution in [0.2, 0.25) is 0 Å². The van der Waals surface area contributed by atoms with E-state index in [2.05, 4.69) is 10.6 Å². The number of amides is 1. The summed E-state index contributed by atoms with van der Waals surface area (Å²) in [6.45, 7) is 3.70. The fourth-order valence-electron chi connectivity index (χ4n) is 2.11. The lowest BCUT2D eigenvalue weighted by atomic mass is 10.1. The fourth-order valence-corrected chi connectivity index (χ4v) is 2.32. The normalized spacial score (nSPS) is 10.1. The molecule has 0 saturated heterocycles. The zero-order chi connectivity index (χ0) is 17.9. The van der Waals surface area contributed by atoms with Crippen LogP contribution >= 0.6 is 12.2 Å². The van der Waals surface area contributed by atoms with E-state index in [-0.39, 0.29) is 16.5 Å². The number of anilines is 1. The van der Waals surface area contributed by atoms with Crippen LogP contribution < -0.4 is 10.6 Å². The molecule has 124 valence electrons. The molecule has 2 N–H and O–H groups in total. The fraction of sp³-hybridized carbons (Fsp3) is 0.125. The first-order chi connectivity index (χ1) is 11.3. The highest BCUT2D eigenvalue weighted by atomic mass is 32.1. The molecule has 0 aliphatic rings. The molecule has 0 aliphatic heterocycles. The molecule has 24 heavy (non-hydrogen) atoms. The van der Waals surface area contributed by atoms with Crippen molar-refractivity contribution >= 4 is 34.6 Å². The highest BCUT2D eigenvalue weighted by Crippen LogP contribution is 2.21. The van der Waals surface area contributed by atoms with Crippen LogP contribution in [0, 0.1) is 29.8 Å². The predicted octanol–water partition coefficient (Wildman–Crippen LogP) is 3.48. The van der Waals surface area contributed by atoms with Gasteiger partial charge in [0.15, 0.2) is 5.11 Å². The van der Waals surface area contributed by atoms with Gasteiger partial charge < -0.3 is 5.32 Å². The number of nitrogens with one attached hydrogen (secondary N) is 2. The van der Waals surface area contributed by atoms with Gasteiger partial charge in [-0.1, -0.05) is 17.7 Å². The number of hydrogen-bond acceptors (Lipinski definition) is 4. The Morgan fingerprint density at radius 3 is 2.54 bits per heavy atom. The monoisotopic (exact) mass is 347 g/mol. The van der Waals surface area contributed by atoms with Gasteiger partial charge in [-0.2, -0.15) is 0 Å². The lowest BCUT2D eigenvalue weighted by Gasteiger charge is -2.11. The summed E-state index contributed by atoms with van der Waals surface area (Å²) in [7, 11) is 0. The third kappa shape index (κ3) is 4.11. The first kappa shape index (κ1) is 17.5. The average molecular weight is 347 g/mol. The van der Waals surface area contributed by atoms with Crippen molar-refractivity contribution in [1.82, 2.24) is 5.32 Å². The summed E-state index contributed by atoms with van der Waals surface area (Å²) in [4.78, 5) is 22.3. The van der Waals surface area contributed by atoms with Crippen LogP contribution in [0.25, 0.3) is 0 Å². The number of halogens is 1. The first-order valence-corrected chi connectivity index (χ1v) is 7.32. The van der Waals surface area contributed by atoms with E-state index in [1.807, 2.05) is 13.0 Å². The van der Waals surface area contributed by atoms with E-state index in [4.69, 9.17) is 12.2 Å². The minimum absolute atomic E-state index is 0.153. The number of benzene rings is 2. The minimum atomic E-state index is -0.719. The number of carbonyl (C=O) groups is 1. The highest BCUT2D eigenvalue weighted by Gasteiger charge is 2.14. The van der Waals surface area contributed by atoms with E-state index in [9.17, 15) is 19.3 Å². The third-order valence-electron chi connectivity index (χ3n) is 3.26. The number of thiocarbonyl (C=S) groups is 1. The third-order valence-corrected chi connectivity index (χ3v) is 3.47. The lowest BCUT2D eigenvalue weighted by Crippen LogP contribution is -2.34. The quantitative estimate of drug-likeness (QED) is 0.504. The Kier molecular flexibility index (Phi) is 5.20. The summed E-state index contributed by atoms with van der Waals surface area (Å²) in [5.41, 5.74) is 1.75. The molecule has 0 fully saturated rings. The largest absolute Gasteiger partial charge is 0.330 e. The van der Waals surface area contributed by atoms with Gasteiger partial charge in [0, 0.05) is 17.7 Å². The zero-order valence-electron chi connectivity index (χ0n) is 12.9. The maximum absolute atomic E-state index is 13.7. The molecule has 0 saturated carbocycles. The smallest absolute Gasteiger partial charge is 0.271 e. The minimum Gasteiger partial charge on any atom is -0.330 e. The molecule has 0 unspecified atom stereocenters. The van der Waals surface area contributed by atoms with Crippen molar-refractivity contribution in [1.29, 1.82) is 0 Å². The number of aryl methyl sites for hydroxylation is 2. The Bertz CT molecular complexity index is 839. The Labute approximate surface area is 142 Å². The summed E-state index contributed by atoms with van der Waals surface area (Å²) >= 11 is 4.97. The SMILES string of the molecule is Cc1ccc(C(=O)NC(=S)Nc2cc([N+](=O)[O-])ccc2F)c(C)c1. The summed E-state index contributed by atoms with van der Waals surface area (Å²) in [6.07, 6.45) is 0. The van der Waals surface area contributed by atoms with E-state index < -0.39 is 16.6 Å². The lowest BCUT2D eigenvalue weighted by molar-refractivity contribution is -0.384. The number of rotatable bonds is 3. The van der Waals surface area contributed by atoms with Crippen molar-refractivity contribution in [2.75, 3.05) is 5.32 Å². The molecular weight excluding hydrogens is 333 g/mol. The molecule has 0 heterocycles. The van der Waals surface area contributed by atoms with Crippen molar-refractivity contribution in [3.05, 3.63) is 69.0 Å². The molecule has 0 aromatic heterocycles. The molecule has 2 rings (SSSR count). The van der Waals surface area contributed by atoms with Crippen LogP contribution in [0.5, 0.6) is 0 Å². The summed E-state index contributed by atoms with van der Waals surface area (Å²) in [6, 6.07) is 8.30. The van der Waals surface area contributed by atoms with Crippen molar-refractivity contribution < 1.29 is 14.1 Å². The predicted molar refractivity (Wildman–Crippen MR) is 92.7 cm³/mol. The van der Waals surface area contributed by atoms with Crippen LogP contribution in [0.15, 0.2) is 36.4 Å². The molecule has 6 nitrogen and oxygen atoms in total. The van der Waals surface area contributed by atoms with Gasteiger partial charge >= 0.3 is 0 Å². The Morgan fingerprint density at radius 1 is 1.21 bits per heavy atom. The number of non-ortho nitro benzene ring substituents is 1. The zero-order valence-corrected chi connectivity index (χ0v) is 13.7. The molecule has 0 bridgehead atoms. The summed E-state index contributed by atoms with van der Waals surface area (Å²) in [5, 5.41) is 15.5. The van der Waals surface area contributed by atoms with Crippen LogP contribution in [-0.2, 0) is 0 Å². The highest BCUT2D eigenvalue weighted by molar-refractivity contribution is 7.80. The van der Waals surface area contributed by atoms with E-state index in [0.717, 1.165) is 29.3 Å². The van der Waals surface area contributed by atoms with Gasteiger partial charge in [-0.15, -0.1) is 0 Å². The van der Waals surface area contributed by atoms with E-state index >= 15 is 0 Å². The Morgan fingerprint density at radius 2 is 1.92 bits per heavy atom. The molecule has 8 heteroatoms. The van der Waals surface area contributed by atoms with Crippen molar-refractivity contribution in [3.63, 3.8) is 0 Å². The summed E-state index contributed by atoms with van der Waals surface area (Å²) in [5.74, 6) is -1.17. The van der Waals surface area contributed by atoms with Crippen LogP contribution in [-0.4, -0.2) is 15.9 Å². The molecular formula is C16H14FN3O3S. The van der Waals surface area contributed by atoms with Gasteiger partial charge in [0.25, 0.3) is 11.6 Å². The van der Waals surface area contributed by atoms with Crippen molar-refractivity contribution in [2.45, 2.75) is 13.8 Å². The summed E-state index contributed by atoms with van der Waals surface area (Å²) < 4.78 is 13.7. The van der Waals surface area contributed by atoms with Crippen LogP contribution in [0.1, 0.15) is 21.5 Å². The second-order valence-electron chi connectivity index (χ2n) is 5.15. The number of nitrogens with zero attached hydrogens (tertiary/aromatic N) is 1. The van der Waals surface area contributed by atoms with E-state index in [0.29, 0.717) is 5.56 Å². The van der Waals surface area contributed by atoms with Gasteiger partial charge in [0.05, 0.1) is 10.6 Å². The Hall–Kier alpha value is -2.87. The molecule has 0 aliphatic carbocycles. The van der Waals surface area contributed by atoms with Gasteiger partial charge in [-0.3, -0.25) is 20.2 Å². The van der Waals surface area contributed by atoms with Crippen LogP contribution in [0.3, 0.4) is 0 Å². The number of hydrogen-bond donors (Lipinski definition) is 2. The van der Waals surface area contributed by atoms with Gasteiger partial charge in [-0.05, 0) is 43.8 Å². The maximum atomic E-state index is 13.7. The van der Waals surface area contributed by atoms with Crippen molar-refractivity contribution in [3.8, 4) is 0 Å². The molecule has 0 atom stereocenters. The number of carbonyl (C=O) groups excluding carboxylic acids is 1. The molecule has 1 amide bonds. The second-order valence-corrected chi connectivity index (χ2v) is 5.56. The second kappa shape index (κ2) is 7.14. The van der Waals surface area contributed by atoms with Crippen molar-refractivity contribution in [2.24, 2.45) is 0 Å². The first-order valence-electron chi connectivity index (χ1n) is 6.91. The van der Waals surface area contributed by atoms with Crippen LogP contribution in [0.4, 0.5) is 15.8 Å².